The Morgan fingerprint density at radius 2 is 1.68 bits per heavy atom. The predicted molar refractivity (Wildman–Crippen MR) is 96.6 cm³/mol. The molecule has 2 aromatic carbocycles. The molecule has 134 valence electrons. The molecule has 2 aromatic rings. The van der Waals surface area contributed by atoms with E-state index in [9.17, 15) is 13.2 Å². The molecule has 2 rings (SSSR count). The van der Waals surface area contributed by atoms with Gasteiger partial charge in [-0.15, -0.1) is 0 Å². The molecule has 0 saturated carbocycles. The smallest absolute Gasteiger partial charge is 0.251 e. The van der Waals surface area contributed by atoms with Crippen molar-refractivity contribution in [3.8, 4) is 5.75 Å². The second kappa shape index (κ2) is 8.84. The average Bonchev–Trinajstić information content (AvgIpc) is 2.60. The molecule has 1 amide bonds. The fourth-order valence-electron chi connectivity index (χ4n) is 2.03. The van der Waals surface area contributed by atoms with E-state index in [0.717, 1.165) is 0 Å². The summed E-state index contributed by atoms with van der Waals surface area (Å²) >= 11 is 5.76. The SMILES string of the molecule is CCOc1ccc(S(=O)(=O)NCCNC(=O)c2ccc(Cl)cc2)cc1. The molecule has 0 heterocycles. The minimum Gasteiger partial charge on any atom is -0.494 e. The van der Waals surface area contributed by atoms with Crippen LogP contribution in [0.2, 0.25) is 5.02 Å². The summed E-state index contributed by atoms with van der Waals surface area (Å²) in [6.45, 7) is 2.61. The van der Waals surface area contributed by atoms with Crippen molar-refractivity contribution in [3.63, 3.8) is 0 Å². The minimum atomic E-state index is -3.63. The highest BCUT2D eigenvalue weighted by atomic mass is 35.5. The molecule has 0 aliphatic carbocycles. The van der Waals surface area contributed by atoms with E-state index in [1.165, 1.54) is 12.1 Å². The molecule has 8 heteroatoms. The molecule has 0 aliphatic rings. The predicted octanol–water partition coefficient (Wildman–Crippen LogP) is 2.45. The summed E-state index contributed by atoms with van der Waals surface area (Å²) in [7, 11) is -3.63. The number of amides is 1. The lowest BCUT2D eigenvalue weighted by Gasteiger charge is -2.09. The minimum absolute atomic E-state index is 0.0782. The second-order valence-corrected chi connectivity index (χ2v) is 7.27. The van der Waals surface area contributed by atoms with Crippen molar-refractivity contribution >= 4 is 27.5 Å². The maximum Gasteiger partial charge on any atom is 0.251 e. The number of carbonyl (C=O) groups excluding carboxylic acids is 1. The van der Waals surface area contributed by atoms with Gasteiger partial charge in [0.25, 0.3) is 5.91 Å². The normalized spacial score (nSPS) is 11.1. The molecule has 0 aliphatic heterocycles. The largest absolute Gasteiger partial charge is 0.494 e. The first kappa shape index (κ1) is 19.2. The van der Waals surface area contributed by atoms with Gasteiger partial charge in [0, 0.05) is 23.7 Å². The van der Waals surface area contributed by atoms with Crippen molar-refractivity contribution in [3.05, 3.63) is 59.1 Å². The summed E-state index contributed by atoms with van der Waals surface area (Å²) < 4.78 is 32.1. The van der Waals surface area contributed by atoms with Crippen molar-refractivity contribution < 1.29 is 17.9 Å². The van der Waals surface area contributed by atoms with E-state index >= 15 is 0 Å². The Hall–Kier alpha value is -2.09. The topological polar surface area (TPSA) is 84.5 Å². The summed E-state index contributed by atoms with van der Waals surface area (Å²) in [6, 6.07) is 12.6. The zero-order valence-corrected chi connectivity index (χ0v) is 15.2. The van der Waals surface area contributed by atoms with Crippen LogP contribution in [0.1, 0.15) is 17.3 Å². The summed E-state index contributed by atoms with van der Waals surface area (Å²) in [5.41, 5.74) is 0.457. The van der Waals surface area contributed by atoms with Crippen molar-refractivity contribution in [2.24, 2.45) is 0 Å². The number of rotatable bonds is 8. The third-order valence-electron chi connectivity index (χ3n) is 3.25. The van der Waals surface area contributed by atoms with Crippen molar-refractivity contribution in [1.29, 1.82) is 0 Å². The maximum absolute atomic E-state index is 12.2. The van der Waals surface area contributed by atoms with Gasteiger partial charge in [0.15, 0.2) is 0 Å². The van der Waals surface area contributed by atoms with Crippen LogP contribution in [-0.2, 0) is 10.0 Å². The monoisotopic (exact) mass is 382 g/mol. The Morgan fingerprint density at radius 3 is 2.28 bits per heavy atom. The average molecular weight is 383 g/mol. The fourth-order valence-corrected chi connectivity index (χ4v) is 3.19. The van der Waals surface area contributed by atoms with Gasteiger partial charge < -0.3 is 10.1 Å². The molecule has 0 fully saturated rings. The first-order valence-electron chi connectivity index (χ1n) is 7.68. The highest BCUT2D eigenvalue weighted by Crippen LogP contribution is 2.15. The standard InChI is InChI=1S/C17H19ClN2O4S/c1-2-24-15-7-9-16(10-8-15)25(22,23)20-12-11-19-17(21)13-3-5-14(18)6-4-13/h3-10,20H,2,11-12H2,1H3,(H,19,21). The number of halogens is 1. The molecule has 6 nitrogen and oxygen atoms in total. The third kappa shape index (κ3) is 5.74. The summed E-state index contributed by atoms with van der Waals surface area (Å²) in [5.74, 6) is 0.314. The van der Waals surface area contributed by atoms with Gasteiger partial charge in [-0.2, -0.15) is 0 Å². The van der Waals surface area contributed by atoms with E-state index in [1.807, 2.05) is 6.92 Å². The molecular weight excluding hydrogens is 364 g/mol. The molecular formula is C17H19ClN2O4S. The summed E-state index contributed by atoms with van der Waals surface area (Å²) in [4.78, 5) is 12.0. The lowest BCUT2D eigenvalue weighted by atomic mass is 10.2. The Kier molecular flexibility index (Phi) is 6.81. The van der Waals surface area contributed by atoms with E-state index in [2.05, 4.69) is 10.0 Å². The van der Waals surface area contributed by atoms with E-state index in [0.29, 0.717) is 22.9 Å². The Bertz CT molecular complexity index is 806. The second-order valence-electron chi connectivity index (χ2n) is 5.06. The van der Waals surface area contributed by atoms with Crippen LogP contribution in [0.25, 0.3) is 0 Å². The molecule has 2 N–H and O–H groups in total. The highest BCUT2D eigenvalue weighted by molar-refractivity contribution is 7.89. The Balaban J connectivity index is 1.83. The first-order chi connectivity index (χ1) is 11.9. The number of hydrogen-bond acceptors (Lipinski definition) is 4. The van der Waals surface area contributed by atoms with Crippen LogP contribution in [0.5, 0.6) is 5.75 Å². The maximum atomic E-state index is 12.2. The molecule has 0 radical (unpaired) electrons. The summed E-state index contributed by atoms with van der Waals surface area (Å²) in [6.07, 6.45) is 0. The van der Waals surface area contributed by atoms with Crippen LogP contribution < -0.4 is 14.8 Å². The van der Waals surface area contributed by atoms with Crippen LogP contribution in [0.15, 0.2) is 53.4 Å². The van der Waals surface area contributed by atoms with E-state index in [1.54, 1.807) is 36.4 Å². The van der Waals surface area contributed by atoms with Crippen LogP contribution in [0, 0.1) is 0 Å². The molecule has 0 bridgehead atoms. The van der Waals surface area contributed by atoms with Gasteiger partial charge in [0.2, 0.25) is 10.0 Å². The van der Waals surface area contributed by atoms with Crippen LogP contribution in [-0.4, -0.2) is 34.0 Å². The number of carbonyl (C=O) groups is 1. The number of benzene rings is 2. The number of ether oxygens (including phenoxy) is 1. The van der Waals surface area contributed by atoms with E-state index < -0.39 is 10.0 Å². The first-order valence-corrected chi connectivity index (χ1v) is 9.55. The molecule has 0 spiro atoms. The zero-order valence-electron chi connectivity index (χ0n) is 13.7. The molecule has 0 saturated heterocycles. The van der Waals surface area contributed by atoms with Crippen LogP contribution in [0.3, 0.4) is 0 Å². The molecule has 0 aromatic heterocycles. The van der Waals surface area contributed by atoms with E-state index in [4.69, 9.17) is 16.3 Å². The van der Waals surface area contributed by atoms with Crippen molar-refractivity contribution in [2.45, 2.75) is 11.8 Å². The van der Waals surface area contributed by atoms with E-state index in [-0.39, 0.29) is 23.9 Å². The lowest BCUT2D eigenvalue weighted by molar-refractivity contribution is 0.0954. The summed E-state index contributed by atoms with van der Waals surface area (Å²) in [5, 5.41) is 3.18. The molecule has 0 atom stereocenters. The van der Waals surface area contributed by atoms with Crippen LogP contribution in [0.4, 0.5) is 0 Å². The zero-order chi connectivity index (χ0) is 18.3. The van der Waals surface area contributed by atoms with Crippen molar-refractivity contribution in [2.75, 3.05) is 19.7 Å². The number of hydrogen-bond donors (Lipinski definition) is 2. The Labute approximate surface area is 152 Å². The number of sulfonamides is 1. The number of nitrogens with one attached hydrogen (secondary N) is 2. The molecule has 25 heavy (non-hydrogen) atoms. The van der Waals surface area contributed by atoms with Gasteiger partial charge in [0.1, 0.15) is 5.75 Å². The highest BCUT2D eigenvalue weighted by Gasteiger charge is 2.13. The van der Waals surface area contributed by atoms with Crippen molar-refractivity contribution in [1.82, 2.24) is 10.0 Å². The van der Waals surface area contributed by atoms with Gasteiger partial charge in [0.05, 0.1) is 11.5 Å². The fraction of sp³-hybridized carbons (Fsp3) is 0.235. The van der Waals surface area contributed by atoms with Gasteiger partial charge in [-0.25, -0.2) is 13.1 Å². The van der Waals surface area contributed by atoms with Gasteiger partial charge >= 0.3 is 0 Å². The Morgan fingerprint density at radius 1 is 1.04 bits per heavy atom. The third-order valence-corrected chi connectivity index (χ3v) is 4.98. The van der Waals surface area contributed by atoms with Gasteiger partial charge in [-0.05, 0) is 55.5 Å². The molecule has 0 unspecified atom stereocenters. The quantitative estimate of drug-likeness (QED) is 0.687. The van der Waals surface area contributed by atoms with Gasteiger partial charge in [-0.1, -0.05) is 11.6 Å². The lowest BCUT2D eigenvalue weighted by Crippen LogP contribution is -2.34. The van der Waals surface area contributed by atoms with Gasteiger partial charge in [-0.3, -0.25) is 4.79 Å². The van der Waals surface area contributed by atoms with Crippen LogP contribution >= 0.6 is 11.6 Å².